The molecule has 1 aliphatic carbocycles. The molecule has 0 spiro atoms. The number of ether oxygens (including phenoxy) is 1. The van der Waals surface area contributed by atoms with Gasteiger partial charge in [-0.1, -0.05) is 11.6 Å². The molecule has 1 saturated carbocycles. The van der Waals surface area contributed by atoms with Gasteiger partial charge >= 0.3 is 0 Å². The third-order valence-corrected chi connectivity index (χ3v) is 6.05. The molecule has 27 heavy (non-hydrogen) atoms. The Morgan fingerprint density at radius 1 is 1.26 bits per heavy atom. The molecule has 0 unspecified atom stereocenters. The smallest absolute Gasteiger partial charge is 0.137 e. The molecule has 1 heterocycles. The highest BCUT2D eigenvalue weighted by Gasteiger charge is 2.27. The van der Waals surface area contributed by atoms with Crippen LogP contribution in [-0.4, -0.2) is 53.7 Å². The number of phenols is 2. The molecule has 1 aliphatic heterocycles. The Bertz CT molecular complexity index is 742. The van der Waals surface area contributed by atoms with E-state index < -0.39 is 0 Å². The predicted molar refractivity (Wildman–Crippen MR) is 107 cm³/mol. The summed E-state index contributed by atoms with van der Waals surface area (Å²) < 4.78 is 5.45. The van der Waals surface area contributed by atoms with E-state index in [4.69, 9.17) is 27.5 Å². The van der Waals surface area contributed by atoms with E-state index in [0.717, 1.165) is 50.4 Å². The SMILES string of the molecule is COC1CCC(CN2CCC(N)=C(C(=N)c3cc(Cl)c(O)cc3O)C2)CC1. The minimum Gasteiger partial charge on any atom is -0.507 e. The van der Waals surface area contributed by atoms with Crippen LogP contribution in [0.2, 0.25) is 5.02 Å². The van der Waals surface area contributed by atoms with Crippen molar-refractivity contribution in [3.05, 3.63) is 34.0 Å². The minimum atomic E-state index is -0.204. The summed E-state index contributed by atoms with van der Waals surface area (Å²) in [7, 11) is 1.78. The monoisotopic (exact) mass is 393 g/mol. The van der Waals surface area contributed by atoms with Gasteiger partial charge in [-0.2, -0.15) is 0 Å². The molecule has 1 aromatic rings. The van der Waals surface area contributed by atoms with Crippen LogP contribution in [0.25, 0.3) is 0 Å². The van der Waals surface area contributed by atoms with Gasteiger partial charge < -0.3 is 20.7 Å². The lowest BCUT2D eigenvalue weighted by molar-refractivity contribution is 0.0501. The molecule has 7 heteroatoms. The van der Waals surface area contributed by atoms with Crippen molar-refractivity contribution in [3.8, 4) is 11.5 Å². The van der Waals surface area contributed by atoms with Crippen molar-refractivity contribution in [1.82, 2.24) is 4.90 Å². The number of halogens is 1. The second-order valence-corrected chi connectivity index (χ2v) is 7.97. The minimum absolute atomic E-state index is 0.106. The molecule has 0 amide bonds. The molecule has 148 valence electrons. The zero-order chi connectivity index (χ0) is 19.6. The van der Waals surface area contributed by atoms with E-state index in [9.17, 15) is 10.2 Å². The number of benzene rings is 1. The average Bonchev–Trinajstić information content (AvgIpc) is 2.66. The number of rotatable bonds is 5. The van der Waals surface area contributed by atoms with Crippen LogP contribution in [0.5, 0.6) is 11.5 Å². The van der Waals surface area contributed by atoms with Crippen LogP contribution < -0.4 is 5.73 Å². The van der Waals surface area contributed by atoms with Gasteiger partial charge in [0.05, 0.1) is 16.8 Å². The van der Waals surface area contributed by atoms with Crippen LogP contribution in [0.3, 0.4) is 0 Å². The lowest BCUT2D eigenvalue weighted by atomic mass is 9.86. The van der Waals surface area contributed by atoms with Gasteiger partial charge in [-0.05, 0) is 37.7 Å². The Labute approximate surface area is 165 Å². The van der Waals surface area contributed by atoms with Crippen molar-refractivity contribution in [3.63, 3.8) is 0 Å². The summed E-state index contributed by atoms with van der Waals surface area (Å²) in [5, 5.41) is 28.4. The van der Waals surface area contributed by atoms with Crippen LogP contribution in [-0.2, 0) is 4.74 Å². The van der Waals surface area contributed by atoms with Crippen molar-refractivity contribution < 1.29 is 14.9 Å². The Hall–Kier alpha value is -1.76. The van der Waals surface area contributed by atoms with Gasteiger partial charge in [0.15, 0.2) is 0 Å². The molecule has 5 N–H and O–H groups in total. The second kappa shape index (κ2) is 8.50. The zero-order valence-corrected chi connectivity index (χ0v) is 16.4. The third kappa shape index (κ3) is 4.57. The van der Waals surface area contributed by atoms with Gasteiger partial charge in [-0.15, -0.1) is 0 Å². The van der Waals surface area contributed by atoms with E-state index in [0.29, 0.717) is 36.2 Å². The first-order valence-electron chi connectivity index (χ1n) is 9.42. The maximum atomic E-state index is 10.1. The Balaban J connectivity index is 1.69. The van der Waals surface area contributed by atoms with Gasteiger partial charge in [-0.3, -0.25) is 10.3 Å². The molecule has 2 aliphatic rings. The van der Waals surface area contributed by atoms with Crippen LogP contribution >= 0.6 is 11.6 Å². The van der Waals surface area contributed by atoms with Crippen molar-refractivity contribution in [1.29, 1.82) is 5.41 Å². The van der Waals surface area contributed by atoms with Crippen LogP contribution in [0.15, 0.2) is 23.4 Å². The summed E-state index contributed by atoms with van der Waals surface area (Å²) in [4.78, 5) is 2.34. The summed E-state index contributed by atoms with van der Waals surface area (Å²) in [6.45, 7) is 2.46. The predicted octanol–water partition coefficient (Wildman–Crippen LogP) is 3.24. The molecule has 0 saturated heterocycles. The Kier molecular flexibility index (Phi) is 6.29. The van der Waals surface area contributed by atoms with E-state index in [1.54, 1.807) is 7.11 Å². The first kappa shape index (κ1) is 20.0. The molecule has 1 aromatic carbocycles. The normalized spacial score (nSPS) is 24.2. The molecule has 0 radical (unpaired) electrons. The highest BCUT2D eigenvalue weighted by molar-refractivity contribution is 6.32. The van der Waals surface area contributed by atoms with Crippen LogP contribution in [0.1, 0.15) is 37.7 Å². The second-order valence-electron chi connectivity index (χ2n) is 7.56. The number of nitrogens with one attached hydrogen (secondary N) is 1. The van der Waals surface area contributed by atoms with E-state index in [2.05, 4.69) is 4.90 Å². The molecule has 1 fully saturated rings. The zero-order valence-electron chi connectivity index (χ0n) is 15.7. The lowest BCUT2D eigenvalue weighted by Gasteiger charge is -2.35. The summed E-state index contributed by atoms with van der Waals surface area (Å²) in [6.07, 6.45) is 5.64. The van der Waals surface area contributed by atoms with Crippen LogP contribution in [0, 0.1) is 11.3 Å². The molecular formula is C20H28ClN3O3. The number of phenolic OH excluding ortho intramolecular Hbond substituents is 2. The summed E-state index contributed by atoms with van der Waals surface area (Å²) in [5.74, 6) is 0.268. The van der Waals surface area contributed by atoms with Crippen molar-refractivity contribution in [2.75, 3.05) is 26.7 Å². The molecule has 6 nitrogen and oxygen atoms in total. The highest BCUT2D eigenvalue weighted by atomic mass is 35.5. The van der Waals surface area contributed by atoms with Gasteiger partial charge in [0, 0.05) is 56.1 Å². The maximum absolute atomic E-state index is 10.1. The summed E-state index contributed by atoms with van der Waals surface area (Å²) >= 11 is 5.96. The fourth-order valence-corrected chi connectivity index (χ4v) is 4.22. The maximum Gasteiger partial charge on any atom is 0.137 e. The van der Waals surface area contributed by atoms with Crippen molar-refractivity contribution in [2.45, 2.75) is 38.2 Å². The topological polar surface area (TPSA) is 103 Å². The first-order chi connectivity index (χ1) is 12.9. The van der Waals surface area contributed by atoms with Crippen molar-refractivity contribution in [2.24, 2.45) is 11.7 Å². The fourth-order valence-electron chi connectivity index (χ4n) is 4.06. The molecule has 0 aromatic heterocycles. The quantitative estimate of drug-likeness (QED) is 0.575. The Morgan fingerprint density at radius 2 is 1.96 bits per heavy atom. The van der Waals surface area contributed by atoms with Gasteiger partial charge in [0.25, 0.3) is 0 Å². The van der Waals surface area contributed by atoms with Gasteiger partial charge in [0.1, 0.15) is 11.5 Å². The highest BCUT2D eigenvalue weighted by Crippen LogP contribution is 2.33. The molecule has 0 atom stereocenters. The summed E-state index contributed by atoms with van der Waals surface area (Å²) in [5.41, 5.74) is 8.06. The van der Waals surface area contributed by atoms with E-state index >= 15 is 0 Å². The number of nitrogens with zero attached hydrogens (tertiary/aromatic N) is 1. The largest absolute Gasteiger partial charge is 0.507 e. The molecular weight excluding hydrogens is 366 g/mol. The van der Waals surface area contributed by atoms with Crippen LogP contribution in [0.4, 0.5) is 0 Å². The Morgan fingerprint density at radius 3 is 2.63 bits per heavy atom. The van der Waals surface area contributed by atoms with Gasteiger partial charge in [-0.25, -0.2) is 0 Å². The number of aromatic hydroxyl groups is 2. The van der Waals surface area contributed by atoms with Crippen molar-refractivity contribution >= 4 is 17.3 Å². The first-order valence-corrected chi connectivity index (χ1v) is 9.80. The fraction of sp³-hybridized carbons (Fsp3) is 0.550. The lowest BCUT2D eigenvalue weighted by Crippen LogP contribution is -2.40. The average molecular weight is 394 g/mol. The van der Waals surface area contributed by atoms with E-state index in [-0.39, 0.29) is 22.2 Å². The number of methoxy groups -OCH3 is 1. The van der Waals surface area contributed by atoms with Gasteiger partial charge in [0.2, 0.25) is 0 Å². The molecule has 3 rings (SSSR count). The van der Waals surface area contributed by atoms with E-state index in [1.165, 1.54) is 6.07 Å². The molecule has 0 bridgehead atoms. The number of hydrogen-bond acceptors (Lipinski definition) is 6. The summed E-state index contributed by atoms with van der Waals surface area (Å²) in [6, 6.07) is 2.58. The standard InChI is InChI=1S/C20H28ClN3O3/c1-27-13-4-2-12(3-5-13)10-24-7-6-17(22)15(11-24)20(23)14-8-16(21)19(26)9-18(14)25/h8-9,12-13,23,25-26H,2-7,10-11,22H2,1H3. The number of nitrogens with two attached hydrogens (primary N) is 1. The third-order valence-electron chi connectivity index (χ3n) is 5.75. The van der Waals surface area contributed by atoms with E-state index in [1.807, 2.05) is 0 Å². The number of hydrogen-bond donors (Lipinski definition) is 4.